The van der Waals surface area contributed by atoms with E-state index in [1.807, 2.05) is 42.5 Å². The molecule has 0 fully saturated rings. The van der Waals surface area contributed by atoms with Crippen molar-refractivity contribution in [3.05, 3.63) is 93.2 Å². The minimum Gasteiger partial charge on any atom is -0.493 e. The average Bonchev–Trinajstić information content (AvgIpc) is 2.72. The second-order valence-corrected chi connectivity index (χ2v) is 7.37. The zero-order valence-electron chi connectivity index (χ0n) is 16.1. The summed E-state index contributed by atoms with van der Waals surface area (Å²) in [5, 5.41) is 4.49. The molecule has 0 unspecified atom stereocenters. The highest BCUT2D eigenvalue weighted by molar-refractivity contribution is 6.31. The number of rotatable bonds is 9. The summed E-state index contributed by atoms with van der Waals surface area (Å²) in [7, 11) is 1.58. The fraction of sp³-hybridized carbons (Fsp3) is 0.217. The molecular weight excluding hydrogens is 412 g/mol. The summed E-state index contributed by atoms with van der Waals surface area (Å²) in [6.45, 7) is 1.57. The fourth-order valence-corrected chi connectivity index (χ4v) is 3.22. The highest BCUT2D eigenvalue weighted by Crippen LogP contribution is 2.30. The Morgan fingerprint density at radius 1 is 0.931 bits per heavy atom. The van der Waals surface area contributed by atoms with Gasteiger partial charge in [-0.05, 0) is 60.5 Å². The maximum Gasteiger partial charge on any atom is 0.161 e. The highest BCUT2D eigenvalue weighted by atomic mass is 35.5. The Labute approximate surface area is 180 Å². The Bertz CT molecular complexity index is 928. The molecule has 0 aromatic heterocycles. The third-order valence-corrected chi connectivity index (χ3v) is 5.10. The summed E-state index contributed by atoms with van der Waals surface area (Å²) in [4.78, 5) is 0. The van der Waals surface area contributed by atoms with E-state index >= 15 is 0 Å². The molecule has 0 amide bonds. The van der Waals surface area contributed by atoms with Gasteiger partial charge >= 0.3 is 0 Å². The second kappa shape index (κ2) is 10.5. The van der Waals surface area contributed by atoms with Crippen molar-refractivity contribution in [3.8, 4) is 11.5 Å². The Kier molecular flexibility index (Phi) is 7.76. The first kappa shape index (κ1) is 21.4. The largest absolute Gasteiger partial charge is 0.493 e. The van der Waals surface area contributed by atoms with Gasteiger partial charge < -0.3 is 14.8 Å². The van der Waals surface area contributed by atoms with Crippen molar-refractivity contribution >= 4 is 23.2 Å². The summed E-state index contributed by atoms with van der Waals surface area (Å²) < 4.78 is 25.1. The van der Waals surface area contributed by atoms with E-state index < -0.39 is 5.82 Å². The monoisotopic (exact) mass is 433 g/mol. The van der Waals surface area contributed by atoms with Crippen LogP contribution in [0.3, 0.4) is 0 Å². The van der Waals surface area contributed by atoms with E-state index in [1.54, 1.807) is 19.2 Å². The Balaban J connectivity index is 1.54. The lowest BCUT2D eigenvalue weighted by atomic mass is 10.1. The standard InChI is InChI=1S/C23H22Cl2FNO2/c1-28-23-13-17(14-27-12-11-16-5-8-18(24)9-6-16)7-10-22(23)29-15-19-20(25)3-2-4-21(19)26/h2-10,13,27H,11-12,14-15H2,1H3. The number of methoxy groups -OCH3 is 1. The maximum atomic E-state index is 13.9. The van der Waals surface area contributed by atoms with Crippen molar-refractivity contribution in [2.24, 2.45) is 0 Å². The maximum absolute atomic E-state index is 13.9. The Morgan fingerprint density at radius 2 is 1.69 bits per heavy atom. The van der Waals surface area contributed by atoms with Crippen LogP contribution < -0.4 is 14.8 Å². The van der Waals surface area contributed by atoms with E-state index in [9.17, 15) is 4.39 Å². The normalized spacial score (nSPS) is 10.8. The van der Waals surface area contributed by atoms with E-state index in [0.717, 1.165) is 23.6 Å². The first-order chi connectivity index (χ1) is 14.1. The van der Waals surface area contributed by atoms with Gasteiger partial charge in [0.05, 0.1) is 12.1 Å². The molecule has 0 radical (unpaired) electrons. The zero-order valence-corrected chi connectivity index (χ0v) is 17.6. The minimum atomic E-state index is -0.391. The van der Waals surface area contributed by atoms with Crippen LogP contribution in [0.4, 0.5) is 4.39 Å². The molecule has 152 valence electrons. The number of benzene rings is 3. The van der Waals surface area contributed by atoms with Gasteiger partial charge in [-0.3, -0.25) is 0 Å². The first-order valence-electron chi connectivity index (χ1n) is 9.24. The topological polar surface area (TPSA) is 30.5 Å². The highest BCUT2D eigenvalue weighted by Gasteiger charge is 2.11. The van der Waals surface area contributed by atoms with Crippen LogP contribution in [0, 0.1) is 5.82 Å². The molecule has 0 saturated heterocycles. The predicted octanol–water partition coefficient (Wildman–Crippen LogP) is 6.05. The van der Waals surface area contributed by atoms with Gasteiger partial charge in [-0.2, -0.15) is 0 Å². The molecule has 3 rings (SSSR count). The zero-order chi connectivity index (χ0) is 20.6. The lowest BCUT2D eigenvalue weighted by Gasteiger charge is -2.14. The van der Waals surface area contributed by atoms with Gasteiger partial charge in [-0.25, -0.2) is 4.39 Å². The molecule has 3 aromatic carbocycles. The van der Waals surface area contributed by atoms with E-state index in [-0.39, 0.29) is 6.61 Å². The summed E-state index contributed by atoms with van der Waals surface area (Å²) in [6.07, 6.45) is 0.916. The van der Waals surface area contributed by atoms with Crippen molar-refractivity contribution in [3.63, 3.8) is 0 Å². The van der Waals surface area contributed by atoms with Crippen molar-refractivity contribution < 1.29 is 13.9 Å². The molecular formula is C23H22Cl2FNO2. The molecule has 6 heteroatoms. The van der Waals surface area contributed by atoms with Gasteiger partial charge in [0.2, 0.25) is 0 Å². The van der Waals surface area contributed by atoms with Gasteiger partial charge in [0.1, 0.15) is 12.4 Å². The molecule has 0 aliphatic heterocycles. The number of hydrogen-bond donors (Lipinski definition) is 1. The lowest BCUT2D eigenvalue weighted by Crippen LogP contribution is -2.16. The van der Waals surface area contributed by atoms with Crippen molar-refractivity contribution in [1.29, 1.82) is 0 Å². The Morgan fingerprint density at radius 3 is 2.41 bits per heavy atom. The molecule has 0 aliphatic carbocycles. The van der Waals surface area contributed by atoms with Crippen LogP contribution in [0.1, 0.15) is 16.7 Å². The summed E-state index contributed by atoms with van der Waals surface area (Å²) in [6, 6.07) is 18.1. The molecule has 0 spiro atoms. The molecule has 1 N–H and O–H groups in total. The third-order valence-electron chi connectivity index (χ3n) is 4.49. The number of nitrogens with one attached hydrogen (secondary N) is 1. The summed E-state index contributed by atoms with van der Waals surface area (Å²) in [5.74, 6) is 0.740. The summed E-state index contributed by atoms with van der Waals surface area (Å²) in [5.41, 5.74) is 2.62. The minimum absolute atomic E-state index is 0.0283. The molecule has 0 heterocycles. The molecule has 0 saturated carbocycles. The molecule has 0 aliphatic rings. The van der Waals surface area contributed by atoms with Gasteiger partial charge in [-0.1, -0.05) is 47.5 Å². The van der Waals surface area contributed by atoms with Gasteiger partial charge in [0.15, 0.2) is 11.5 Å². The lowest BCUT2D eigenvalue weighted by molar-refractivity contribution is 0.279. The van der Waals surface area contributed by atoms with Crippen LogP contribution in [0.2, 0.25) is 10.0 Å². The van der Waals surface area contributed by atoms with E-state index in [4.69, 9.17) is 32.7 Å². The summed E-state index contributed by atoms with van der Waals surface area (Å²) >= 11 is 12.0. The molecule has 3 aromatic rings. The van der Waals surface area contributed by atoms with Gasteiger partial charge in [0, 0.05) is 17.1 Å². The molecule has 0 atom stereocenters. The van der Waals surface area contributed by atoms with Crippen LogP contribution in [-0.4, -0.2) is 13.7 Å². The van der Waals surface area contributed by atoms with E-state index in [0.29, 0.717) is 28.6 Å². The van der Waals surface area contributed by atoms with Gasteiger partial charge in [0.25, 0.3) is 0 Å². The van der Waals surface area contributed by atoms with Crippen LogP contribution in [-0.2, 0) is 19.6 Å². The van der Waals surface area contributed by atoms with Crippen molar-refractivity contribution in [1.82, 2.24) is 5.32 Å². The van der Waals surface area contributed by atoms with E-state index in [2.05, 4.69) is 5.32 Å². The smallest absolute Gasteiger partial charge is 0.161 e. The van der Waals surface area contributed by atoms with Crippen molar-refractivity contribution in [2.45, 2.75) is 19.6 Å². The molecule has 3 nitrogen and oxygen atoms in total. The fourth-order valence-electron chi connectivity index (χ4n) is 2.88. The van der Waals surface area contributed by atoms with Crippen LogP contribution >= 0.6 is 23.2 Å². The quantitative estimate of drug-likeness (QED) is 0.416. The van der Waals surface area contributed by atoms with E-state index in [1.165, 1.54) is 11.6 Å². The van der Waals surface area contributed by atoms with Crippen LogP contribution in [0.15, 0.2) is 60.7 Å². The van der Waals surface area contributed by atoms with Crippen LogP contribution in [0.5, 0.6) is 11.5 Å². The van der Waals surface area contributed by atoms with Gasteiger partial charge in [-0.15, -0.1) is 0 Å². The third kappa shape index (κ3) is 6.10. The number of ether oxygens (including phenoxy) is 2. The first-order valence-corrected chi connectivity index (χ1v) is 10.00. The molecule has 0 bridgehead atoms. The second-order valence-electron chi connectivity index (χ2n) is 6.53. The Hall–Kier alpha value is -2.27. The average molecular weight is 434 g/mol. The van der Waals surface area contributed by atoms with Crippen LogP contribution in [0.25, 0.3) is 0 Å². The number of halogens is 3. The molecule has 29 heavy (non-hydrogen) atoms. The number of hydrogen-bond acceptors (Lipinski definition) is 3. The van der Waals surface area contributed by atoms with Crippen molar-refractivity contribution in [2.75, 3.05) is 13.7 Å². The predicted molar refractivity (Wildman–Crippen MR) is 116 cm³/mol. The SMILES string of the molecule is COc1cc(CNCCc2ccc(Cl)cc2)ccc1OCc1c(F)cccc1Cl.